The molecule has 2 aromatic carbocycles. The molecule has 2 aliphatic heterocycles. The Morgan fingerprint density at radius 3 is 2.83 bits per heavy atom. The fourth-order valence-corrected chi connectivity index (χ4v) is 2.71. The molecule has 0 saturated heterocycles. The van der Waals surface area contributed by atoms with Gasteiger partial charge in [0.2, 0.25) is 12.7 Å². The first-order valence-corrected chi connectivity index (χ1v) is 7.66. The standard InChI is InChI=1S/C17H10BrNO4/c18-12-3-1-2-11(8-12)16-19-13(17(20)23-16)6-10-4-5-14-15(7-10)22-9-21-14/h1-8H,9H2. The number of nitrogens with zero attached hydrogens (tertiary/aromatic N) is 1. The van der Waals surface area contributed by atoms with Crippen molar-refractivity contribution >= 4 is 33.9 Å². The minimum Gasteiger partial charge on any atom is -0.454 e. The molecule has 2 aliphatic rings. The minimum absolute atomic E-state index is 0.211. The fourth-order valence-electron chi connectivity index (χ4n) is 2.31. The third kappa shape index (κ3) is 2.73. The molecule has 5 nitrogen and oxygen atoms in total. The molecule has 0 unspecified atom stereocenters. The molecule has 4 rings (SSSR count). The van der Waals surface area contributed by atoms with Gasteiger partial charge < -0.3 is 14.2 Å². The zero-order chi connectivity index (χ0) is 15.8. The van der Waals surface area contributed by atoms with Crippen LogP contribution in [0.2, 0.25) is 0 Å². The molecule has 2 aromatic rings. The van der Waals surface area contributed by atoms with E-state index in [0.717, 1.165) is 15.6 Å². The molecule has 114 valence electrons. The normalized spacial score (nSPS) is 17.3. The lowest BCUT2D eigenvalue weighted by atomic mass is 10.1. The number of fused-ring (bicyclic) bond motifs is 1. The number of hydrogen-bond donors (Lipinski definition) is 0. The summed E-state index contributed by atoms with van der Waals surface area (Å²) < 4.78 is 16.7. The average Bonchev–Trinajstić information content (AvgIpc) is 3.14. The monoisotopic (exact) mass is 371 g/mol. The summed E-state index contributed by atoms with van der Waals surface area (Å²) >= 11 is 3.39. The van der Waals surface area contributed by atoms with Gasteiger partial charge in [0.05, 0.1) is 0 Å². The Morgan fingerprint density at radius 1 is 1.09 bits per heavy atom. The van der Waals surface area contributed by atoms with Crippen LogP contribution >= 0.6 is 15.9 Å². The summed E-state index contributed by atoms with van der Waals surface area (Å²) in [5.41, 5.74) is 1.78. The quantitative estimate of drug-likeness (QED) is 0.598. The van der Waals surface area contributed by atoms with Gasteiger partial charge in [-0.25, -0.2) is 9.79 Å². The van der Waals surface area contributed by atoms with Crippen LogP contribution in [0.25, 0.3) is 6.08 Å². The van der Waals surface area contributed by atoms with E-state index in [2.05, 4.69) is 20.9 Å². The molecular formula is C17H10BrNO4. The fraction of sp³-hybridized carbons (Fsp3) is 0.0588. The van der Waals surface area contributed by atoms with Crippen molar-refractivity contribution in [3.63, 3.8) is 0 Å². The zero-order valence-electron chi connectivity index (χ0n) is 11.8. The molecule has 0 spiro atoms. The predicted octanol–water partition coefficient (Wildman–Crippen LogP) is 3.52. The Kier molecular flexibility index (Phi) is 3.38. The first-order chi connectivity index (χ1) is 11.2. The highest BCUT2D eigenvalue weighted by Gasteiger charge is 2.24. The first-order valence-electron chi connectivity index (χ1n) is 6.87. The van der Waals surface area contributed by atoms with Crippen molar-refractivity contribution in [2.75, 3.05) is 6.79 Å². The highest BCUT2D eigenvalue weighted by molar-refractivity contribution is 9.10. The van der Waals surface area contributed by atoms with Crippen molar-refractivity contribution in [1.29, 1.82) is 0 Å². The second kappa shape index (κ2) is 5.55. The Bertz CT molecular complexity index is 873. The van der Waals surface area contributed by atoms with Crippen LogP contribution in [-0.2, 0) is 9.53 Å². The van der Waals surface area contributed by atoms with Gasteiger partial charge in [0.1, 0.15) is 0 Å². The maximum absolute atomic E-state index is 12.0. The molecule has 0 aliphatic carbocycles. The largest absolute Gasteiger partial charge is 0.454 e. The third-order valence-corrected chi connectivity index (χ3v) is 3.89. The number of ether oxygens (including phenoxy) is 3. The van der Waals surface area contributed by atoms with Crippen LogP contribution in [0.4, 0.5) is 0 Å². The minimum atomic E-state index is -0.474. The zero-order valence-corrected chi connectivity index (χ0v) is 13.4. The van der Waals surface area contributed by atoms with E-state index in [4.69, 9.17) is 14.2 Å². The molecule has 2 heterocycles. The number of esters is 1. The van der Waals surface area contributed by atoms with Crippen LogP contribution in [-0.4, -0.2) is 18.7 Å². The van der Waals surface area contributed by atoms with Crippen LogP contribution in [0.5, 0.6) is 11.5 Å². The number of carbonyl (C=O) groups is 1. The van der Waals surface area contributed by atoms with Gasteiger partial charge in [0, 0.05) is 10.0 Å². The molecule has 0 saturated carbocycles. The maximum Gasteiger partial charge on any atom is 0.363 e. The molecule has 0 radical (unpaired) electrons. The third-order valence-electron chi connectivity index (χ3n) is 3.39. The van der Waals surface area contributed by atoms with Crippen molar-refractivity contribution < 1.29 is 19.0 Å². The van der Waals surface area contributed by atoms with Crippen molar-refractivity contribution in [1.82, 2.24) is 0 Å². The Hall–Kier alpha value is -2.60. The van der Waals surface area contributed by atoms with E-state index < -0.39 is 5.97 Å². The van der Waals surface area contributed by atoms with Gasteiger partial charge >= 0.3 is 5.97 Å². The number of cyclic esters (lactones) is 1. The molecule has 0 aromatic heterocycles. The smallest absolute Gasteiger partial charge is 0.363 e. The summed E-state index contributed by atoms with van der Waals surface area (Å²) in [4.78, 5) is 16.3. The van der Waals surface area contributed by atoms with Crippen LogP contribution < -0.4 is 9.47 Å². The van der Waals surface area contributed by atoms with E-state index in [0.29, 0.717) is 17.4 Å². The Labute approximate surface area is 140 Å². The second-order valence-electron chi connectivity index (χ2n) is 4.96. The maximum atomic E-state index is 12.0. The van der Waals surface area contributed by atoms with Gasteiger partial charge in [-0.1, -0.05) is 28.1 Å². The lowest BCUT2D eigenvalue weighted by molar-refractivity contribution is -0.129. The highest BCUT2D eigenvalue weighted by atomic mass is 79.9. The summed E-state index contributed by atoms with van der Waals surface area (Å²) in [6.45, 7) is 0.211. The predicted molar refractivity (Wildman–Crippen MR) is 87.3 cm³/mol. The lowest BCUT2D eigenvalue weighted by Crippen LogP contribution is -2.05. The topological polar surface area (TPSA) is 57.1 Å². The van der Waals surface area contributed by atoms with Crippen LogP contribution in [0.1, 0.15) is 11.1 Å². The highest BCUT2D eigenvalue weighted by Crippen LogP contribution is 2.33. The molecular weight excluding hydrogens is 362 g/mol. The van der Waals surface area contributed by atoms with E-state index in [-0.39, 0.29) is 12.5 Å². The van der Waals surface area contributed by atoms with Gasteiger partial charge in [-0.05, 0) is 42.0 Å². The van der Waals surface area contributed by atoms with E-state index in [1.54, 1.807) is 18.2 Å². The summed E-state index contributed by atoms with van der Waals surface area (Å²) in [5, 5.41) is 0. The van der Waals surface area contributed by atoms with Gasteiger partial charge in [0.25, 0.3) is 0 Å². The Balaban J connectivity index is 1.67. The van der Waals surface area contributed by atoms with E-state index in [1.165, 1.54) is 0 Å². The SMILES string of the molecule is O=C1OC(c2cccc(Br)c2)=NC1=Cc1ccc2c(c1)OCO2. The molecule has 0 fully saturated rings. The summed E-state index contributed by atoms with van der Waals surface area (Å²) in [5.74, 6) is 1.17. The molecule has 0 bridgehead atoms. The van der Waals surface area contributed by atoms with Crippen LogP contribution in [0.15, 0.2) is 57.6 Å². The molecule has 0 N–H and O–H groups in total. The summed E-state index contributed by atoms with van der Waals surface area (Å²) in [6, 6.07) is 12.9. The molecule has 0 atom stereocenters. The number of rotatable bonds is 2. The first kappa shape index (κ1) is 14.0. The van der Waals surface area contributed by atoms with Crippen molar-refractivity contribution in [3.8, 4) is 11.5 Å². The molecule has 0 amide bonds. The van der Waals surface area contributed by atoms with E-state index >= 15 is 0 Å². The number of benzene rings is 2. The molecule has 6 heteroatoms. The summed E-state index contributed by atoms with van der Waals surface area (Å²) in [7, 11) is 0. The average molecular weight is 372 g/mol. The number of hydrogen-bond acceptors (Lipinski definition) is 5. The van der Waals surface area contributed by atoms with Crippen molar-refractivity contribution in [2.24, 2.45) is 4.99 Å². The van der Waals surface area contributed by atoms with Gasteiger partial charge in [-0.3, -0.25) is 0 Å². The van der Waals surface area contributed by atoms with Gasteiger partial charge in [0.15, 0.2) is 17.2 Å². The van der Waals surface area contributed by atoms with Gasteiger partial charge in [-0.2, -0.15) is 0 Å². The number of carbonyl (C=O) groups excluding carboxylic acids is 1. The van der Waals surface area contributed by atoms with Crippen LogP contribution in [0, 0.1) is 0 Å². The van der Waals surface area contributed by atoms with E-state index in [9.17, 15) is 4.79 Å². The number of halogens is 1. The van der Waals surface area contributed by atoms with E-state index in [1.807, 2.05) is 30.3 Å². The molecule has 23 heavy (non-hydrogen) atoms. The number of aliphatic imine (C=N–C) groups is 1. The second-order valence-corrected chi connectivity index (χ2v) is 5.87. The van der Waals surface area contributed by atoms with Crippen LogP contribution in [0.3, 0.4) is 0 Å². The Morgan fingerprint density at radius 2 is 1.96 bits per heavy atom. The van der Waals surface area contributed by atoms with Gasteiger partial charge in [-0.15, -0.1) is 0 Å². The van der Waals surface area contributed by atoms with Crippen molar-refractivity contribution in [2.45, 2.75) is 0 Å². The van der Waals surface area contributed by atoms with Crippen molar-refractivity contribution in [3.05, 3.63) is 63.8 Å². The lowest BCUT2D eigenvalue weighted by Gasteiger charge is -1.99. The summed E-state index contributed by atoms with van der Waals surface area (Å²) in [6.07, 6.45) is 1.66.